The standard InChI is InChI=1S/C10H12F2O3S/c1-2-3-10(16(13,14)15)7-4-8(11)6-9(12)5-7/h4-6,10H,2-3H2,1H3,(H,13,14,15). The maximum atomic E-state index is 12.9. The highest BCUT2D eigenvalue weighted by Crippen LogP contribution is 2.27. The average molecular weight is 250 g/mol. The number of benzene rings is 1. The average Bonchev–Trinajstić information content (AvgIpc) is 2.10. The molecule has 3 nitrogen and oxygen atoms in total. The van der Waals surface area contributed by atoms with Crippen LogP contribution in [0.1, 0.15) is 30.6 Å². The van der Waals surface area contributed by atoms with Gasteiger partial charge >= 0.3 is 0 Å². The summed E-state index contributed by atoms with van der Waals surface area (Å²) in [5.41, 5.74) is -0.0677. The molecule has 90 valence electrons. The first-order chi connectivity index (χ1) is 7.34. The van der Waals surface area contributed by atoms with Crippen LogP contribution in [0.25, 0.3) is 0 Å². The molecule has 0 spiro atoms. The third-order valence-electron chi connectivity index (χ3n) is 2.17. The summed E-state index contributed by atoms with van der Waals surface area (Å²) in [6.07, 6.45) is 0.588. The molecule has 1 N–H and O–H groups in total. The minimum absolute atomic E-state index is 0.0677. The highest BCUT2D eigenvalue weighted by atomic mass is 32.2. The van der Waals surface area contributed by atoms with E-state index in [2.05, 4.69) is 0 Å². The van der Waals surface area contributed by atoms with Crippen LogP contribution >= 0.6 is 0 Å². The van der Waals surface area contributed by atoms with Gasteiger partial charge in [-0.05, 0) is 24.1 Å². The van der Waals surface area contributed by atoms with Crippen molar-refractivity contribution >= 4 is 10.1 Å². The van der Waals surface area contributed by atoms with Crippen LogP contribution in [0.5, 0.6) is 0 Å². The SMILES string of the molecule is CCCC(c1cc(F)cc(F)c1)S(=O)(=O)O. The Bertz CT molecular complexity index is 451. The number of halogens is 2. The van der Waals surface area contributed by atoms with Crippen molar-refractivity contribution in [1.29, 1.82) is 0 Å². The van der Waals surface area contributed by atoms with Crippen LogP contribution < -0.4 is 0 Å². The maximum absolute atomic E-state index is 12.9. The second-order valence-corrected chi connectivity index (χ2v) is 5.09. The molecule has 0 saturated heterocycles. The van der Waals surface area contributed by atoms with Crippen LogP contribution in [0.2, 0.25) is 0 Å². The van der Waals surface area contributed by atoms with E-state index in [9.17, 15) is 17.2 Å². The minimum Gasteiger partial charge on any atom is -0.285 e. The summed E-state index contributed by atoms with van der Waals surface area (Å²) in [6.45, 7) is 1.72. The molecule has 0 aliphatic carbocycles. The van der Waals surface area contributed by atoms with Crippen LogP contribution in [-0.2, 0) is 10.1 Å². The molecule has 0 aliphatic rings. The van der Waals surface area contributed by atoms with Gasteiger partial charge in [-0.15, -0.1) is 0 Å². The normalized spacial score (nSPS) is 13.8. The van der Waals surface area contributed by atoms with Crippen LogP contribution in [0, 0.1) is 11.6 Å². The van der Waals surface area contributed by atoms with Gasteiger partial charge in [0.25, 0.3) is 10.1 Å². The Kier molecular flexibility index (Phi) is 3.98. The van der Waals surface area contributed by atoms with Crippen molar-refractivity contribution in [3.63, 3.8) is 0 Å². The van der Waals surface area contributed by atoms with Crippen molar-refractivity contribution in [3.05, 3.63) is 35.4 Å². The Balaban J connectivity index is 3.21. The second kappa shape index (κ2) is 4.88. The van der Waals surface area contributed by atoms with Crippen LogP contribution in [0.3, 0.4) is 0 Å². The van der Waals surface area contributed by atoms with Gasteiger partial charge in [0, 0.05) is 6.07 Å². The van der Waals surface area contributed by atoms with Gasteiger partial charge in [-0.2, -0.15) is 8.42 Å². The molecule has 1 aromatic rings. The van der Waals surface area contributed by atoms with Gasteiger partial charge in [0.1, 0.15) is 16.9 Å². The van der Waals surface area contributed by atoms with E-state index in [-0.39, 0.29) is 12.0 Å². The first-order valence-electron chi connectivity index (χ1n) is 4.77. The van der Waals surface area contributed by atoms with Gasteiger partial charge in [-0.3, -0.25) is 4.55 Å². The quantitative estimate of drug-likeness (QED) is 0.836. The Morgan fingerprint density at radius 1 is 1.25 bits per heavy atom. The molecule has 0 heterocycles. The maximum Gasteiger partial charge on any atom is 0.271 e. The molecule has 0 fully saturated rings. The molecular formula is C10H12F2O3S. The predicted octanol–water partition coefficient (Wildman–Crippen LogP) is 2.69. The van der Waals surface area contributed by atoms with Gasteiger partial charge in [0.2, 0.25) is 0 Å². The largest absolute Gasteiger partial charge is 0.285 e. The lowest BCUT2D eigenvalue weighted by Gasteiger charge is -2.13. The lowest BCUT2D eigenvalue weighted by atomic mass is 10.1. The van der Waals surface area contributed by atoms with E-state index in [1.807, 2.05) is 0 Å². The Hall–Kier alpha value is -1.01. The summed E-state index contributed by atoms with van der Waals surface area (Å²) < 4.78 is 56.9. The fourth-order valence-electron chi connectivity index (χ4n) is 1.51. The van der Waals surface area contributed by atoms with Crippen LogP contribution in [-0.4, -0.2) is 13.0 Å². The molecular weight excluding hydrogens is 238 g/mol. The van der Waals surface area contributed by atoms with E-state index in [0.29, 0.717) is 12.5 Å². The summed E-state index contributed by atoms with van der Waals surface area (Å²) in [5, 5.41) is -1.28. The smallest absolute Gasteiger partial charge is 0.271 e. The summed E-state index contributed by atoms with van der Waals surface area (Å²) in [4.78, 5) is 0. The van der Waals surface area contributed by atoms with E-state index in [0.717, 1.165) is 12.1 Å². The zero-order valence-electron chi connectivity index (χ0n) is 8.65. The first-order valence-corrected chi connectivity index (χ1v) is 6.27. The Morgan fingerprint density at radius 3 is 2.12 bits per heavy atom. The molecule has 0 saturated carbocycles. The van der Waals surface area contributed by atoms with Gasteiger partial charge < -0.3 is 0 Å². The minimum atomic E-state index is -4.35. The van der Waals surface area contributed by atoms with Crippen molar-refractivity contribution in [2.24, 2.45) is 0 Å². The summed E-state index contributed by atoms with van der Waals surface area (Å²) >= 11 is 0. The van der Waals surface area contributed by atoms with Crippen molar-refractivity contribution in [3.8, 4) is 0 Å². The van der Waals surface area contributed by atoms with E-state index in [1.165, 1.54) is 0 Å². The molecule has 6 heteroatoms. The molecule has 1 unspecified atom stereocenters. The summed E-state index contributed by atoms with van der Waals surface area (Å²) in [6, 6.07) is 2.48. The molecule has 1 atom stereocenters. The number of hydrogen-bond acceptors (Lipinski definition) is 2. The summed E-state index contributed by atoms with van der Waals surface area (Å²) in [5.74, 6) is -1.72. The third-order valence-corrected chi connectivity index (χ3v) is 3.39. The fourth-order valence-corrected chi connectivity index (χ4v) is 2.52. The predicted molar refractivity (Wildman–Crippen MR) is 55.6 cm³/mol. The Labute approximate surface area is 92.9 Å². The molecule has 16 heavy (non-hydrogen) atoms. The van der Waals surface area contributed by atoms with Crippen molar-refractivity contribution in [1.82, 2.24) is 0 Å². The molecule has 1 rings (SSSR count). The van der Waals surface area contributed by atoms with E-state index >= 15 is 0 Å². The molecule has 0 bridgehead atoms. The summed E-state index contributed by atoms with van der Waals surface area (Å²) in [7, 11) is -4.35. The Morgan fingerprint density at radius 2 is 1.75 bits per heavy atom. The zero-order valence-corrected chi connectivity index (χ0v) is 9.47. The van der Waals surface area contributed by atoms with Gasteiger partial charge in [-0.1, -0.05) is 13.3 Å². The van der Waals surface area contributed by atoms with Gasteiger partial charge in [-0.25, -0.2) is 8.78 Å². The first kappa shape index (κ1) is 13.1. The highest BCUT2D eigenvalue weighted by Gasteiger charge is 2.25. The van der Waals surface area contributed by atoms with Crippen molar-refractivity contribution in [2.45, 2.75) is 25.0 Å². The van der Waals surface area contributed by atoms with Crippen LogP contribution in [0.15, 0.2) is 18.2 Å². The van der Waals surface area contributed by atoms with Gasteiger partial charge in [0.05, 0.1) is 0 Å². The topological polar surface area (TPSA) is 54.4 Å². The molecule has 0 radical (unpaired) electrons. The van der Waals surface area contributed by atoms with E-state index in [1.54, 1.807) is 6.92 Å². The van der Waals surface area contributed by atoms with Crippen LogP contribution in [0.4, 0.5) is 8.78 Å². The zero-order chi connectivity index (χ0) is 12.3. The van der Waals surface area contributed by atoms with Crippen molar-refractivity contribution < 1.29 is 21.8 Å². The molecule has 0 aromatic heterocycles. The number of rotatable bonds is 4. The highest BCUT2D eigenvalue weighted by molar-refractivity contribution is 7.86. The van der Waals surface area contributed by atoms with E-state index in [4.69, 9.17) is 4.55 Å². The van der Waals surface area contributed by atoms with Gasteiger partial charge in [0.15, 0.2) is 0 Å². The lowest BCUT2D eigenvalue weighted by Crippen LogP contribution is -2.12. The van der Waals surface area contributed by atoms with Crippen molar-refractivity contribution in [2.75, 3.05) is 0 Å². The molecule has 0 aliphatic heterocycles. The van der Waals surface area contributed by atoms with E-state index < -0.39 is 27.0 Å². The second-order valence-electron chi connectivity index (χ2n) is 3.50. The number of hydrogen-bond donors (Lipinski definition) is 1. The molecule has 0 amide bonds. The third kappa shape index (κ3) is 3.24. The lowest BCUT2D eigenvalue weighted by molar-refractivity contribution is 0.462. The molecule has 1 aromatic carbocycles. The monoisotopic (exact) mass is 250 g/mol. The fraction of sp³-hybridized carbons (Fsp3) is 0.400.